The summed E-state index contributed by atoms with van der Waals surface area (Å²) in [5.41, 5.74) is 1.09. The van der Waals surface area contributed by atoms with Crippen molar-refractivity contribution in [3.8, 4) is 0 Å². The molecule has 1 saturated carbocycles. The molecule has 0 atom stereocenters. The second kappa shape index (κ2) is 4.89. The molecule has 1 aromatic heterocycles. The van der Waals surface area contributed by atoms with E-state index in [-0.39, 0.29) is 17.7 Å². The van der Waals surface area contributed by atoms with Crippen LogP contribution in [0.1, 0.15) is 24.5 Å². The second-order valence-corrected chi connectivity index (χ2v) is 6.34. The zero-order valence-corrected chi connectivity index (χ0v) is 11.4. The standard InChI is InChI=1S/C11H13N3O2S2/c15-9(5-14-3-4-17-11(14)16)13-10-12-8(6-18-10)7-1-2-7/h6-7H,1-5H2,(H,12,13,15). The number of rotatable bonds is 4. The molecule has 7 heteroatoms. The third-order valence-corrected chi connectivity index (χ3v) is 4.61. The summed E-state index contributed by atoms with van der Waals surface area (Å²) in [5.74, 6) is 1.21. The van der Waals surface area contributed by atoms with E-state index in [2.05, 4.69) is 10.3 Å². The maximum atomic E-state index is 11.8. The number of thiazole rings is 1. The minimum atomic E-state index is -0.164. The van der Waals surface area contributed by atoms with Gasteiger partial charge in [0.25, 0.3) is 5.24 Å². The van der Waals surface area contributed by atoms with E-state index in [4.69, 9.17) is 0 Å². The number of carbonyl (C=O) groups is 2. The minimum absolute atomic E-state index is 0.0111. The van der Waals surface area contributed by atoms with Crippen LogP contribution in [-0.4, -0.2) is 39.9 Å². The predicted molar refractivity (Wildman–Crippen MR) is 72.1 cm³/mol. The van der Waals surface area contributed by atoms with Crippen LogP contribution in [0.5, 0.6) is 0 Å². The van der Waals surface area contributed by atoms with E-state index in [1.54, 1.807) is 4.90 Å². The molecule has 2 amide bonds. The number of amides is 2. The first kappa shape index (κ1) is 12.0. The van der Waals surface area contributed by atoms with Crippen LogP contribution in [0.25, 0.3) is 0 Å². The van der Waals surface area contributed by atoms with Gasteiger partial charge in [-0.15, -0.1) is 11.3 Å². The number of hydrogen-bond acceptors (Lipinski definition) is 5. The molecule has 1 saturated heterocycles. The Morgan fingerprint density at radius 2 is 2.39 bits per heavy atom. The molecule has 96 valence electrons. The van der Waals surface area contributed by atoms with Crippen molar-refractivity contribution in [3.05, 3.63) is 11.1 Å². The fourth-order valence-corrected chi connectivity index (χ4v) is 3.44. The van der Waals surface area contributed by atoms with Crippen molar-refractivity contribution in [3.63, 3.8) is 0 Å². The number of carbonyl (C=O) groups excluding carboxylic acids is 2. The second-order valence-electron chi connectivity index (χ2n) is 4.44. The lowest BCUT2D eigenvalue weighted by Gasteiger charge is -2.12. The largest absolute Gasteiger partial charge is 0.323 e. The average molecular weight is 283 g/mol. The van der Waals surface area contributed by atoms with Crippen LogP contribution < -0.4 is 5.32 Å². The highest BCUT2D eigenvalue weighted by Crippen LogP contribution is 2.40. The minimum Gasteiger partial charge on any atom is -0.323 e. The molecule has 2 aliphatic rings. The van der Waals surface area contributed by atoms with E-state index >= 15 is 0 Å². The first-order valence-corrected chi connectivity index (χ1v) is 7.76. The summed E-state index contributed by atoms with van der Waals surface area (Å²) in [6.07, 6.45) is 2.41. The maximum Gasteiger partial charge on any atom is 0.282 e. The number of hydrogen-bond donors (Lipinski definition) is 1. The van der Waals surface area contributed by atoms with Gasteiger partial charge in [-0.25, -0.2) is 4.98 Å². The smallest absolute Gasteiger partial charge is 0.282 e. The maximum absolute atomic E-state index is 11.8. The molecule has 0 unspecified atom stereocenters. The Morgan fingerprint density at radius 3 is 3.06 bits per heavy atom. The molecule has 0 radical (unpaired) electrons. The normalized spacial score (nSPS) is 19.3. The Bertz CT molecular complexity index is 484. The van der Waals surface area contributed by atoms with Gasteiger partial charge in [0.1, 0.15) is 6.54 Å². The van der Waals surface area contributed by atoms with Gasteiger partial charge in [0, 0.05) is 23.6 Å². The van der Waals surface area contributed by atoms with Crippen molar-refractivity contribution in [1.29, 1.82) is 0 Å². The Hall–Kier alpha value is -1.08. The molecule has 0 spiro atoms. The Balaban J connectivity index is 1.54. The molecule has 18 heavy (non-hydrogen) atoms. The van der Waals surface area contributed by atoms with Crippen LogP contribution >= 0.6 is 23.1 Å². The first-order valence-electron chi connectivity index (χ1n) is 5.89. The molecule has 1 aliphatic heterocycles. The zero-order chi connectivity index (χ0) is 12.5. The van der Waals surface area contributed by atoms with E-state index in [1.807, 2.05) is 5.38 Å². The van der Waals surface area contributed by atoms with Gasteiger partial charge in [0.2, 0.25) is 5.91 Å². The van der Waals surface area contributed by atoms with Crippen molar-refractivity contribution in [2.75, 3.05) is 24.2 Å². The van der Waals surface area contributed by atoms with Gasteiger partial charge >= 0.3 is 0 Å². The van der Waals surface area contributed by atoms with Gasteiger partial charge in [-0.2, -0.15) is 0 Å². The summed E-state index contributed by atoms with van der Waals surface area (Å²) in [7, 11) is 0. The van der Waals surface area contributed by atoms with Gasteiger partial charge in [-0.1, -0.05) is 11.8 Å². The van der Waals surface area contributed by atoms with Crippen molar-refractivity contribution >= 4 is 39.4 Å². The van der Waals surface area contributed by atoms with Gasteiger partial charge in [0.05, 0.1) is 5.69 Å². The van der Waals surface area contributed by atoms with E-state index < -0.39 is 0 Å². The average Bonchev–Trinajstić information content (AvgIpc) is 2.97. The van der Waals surface area contributed by atoms with Gasteiger partial charge in [-0.05, 0) is 12.8 Å². The third kappa shape index (κ3) is 2.67. The van der Waals surface area contributed by atoms with Crippen LogP contribution in [0.4, 0.5) is 9.93 Å². The van der Waals surface area contributed by atoms with E-state index in [1.165, 1.54) is 35.9 Å². The summed E-state index contributed by atoms with van der Waals surface area (Å²) >= 11 is 2.72. The Morgan fingerprint density at radius 1 is 1.56 bits per heavy atom. The molecule has 2 heterocycles. The lowest BCUT2D eigenvalue weighted by molar-refractivity contribution is -0.116. The number of anilines is 1. The highest BCUT2D eigenvalue weighted by Gasteiger charge is 2.27. The highest BCUT2D eigenvalue weighted by atomic mass is 32.2. The van der Waals surface area contributed by atoms with Crippen LogP contribution in [-0.2, 0) is 4.79 Å². The molecule has 0 aromatic carbocycles. The van der Waals surface area contributed by atoms with Crippen molar-refractivity contribution in [2.24, 2.45) is 0 Å². The number of nitrogens with one attached hydrogen (secondary N) is 1. The molecule has 2 fully saturated rings. The van der Waals surface area contributed by atoms with E-state index in [0.29, 0.717) is 17.6 Å². The lowest BCUT2D eigenvalue weighted by atomic mass is 10.3. The zero-order valence-electron chi connectivity index (χ0n) is 9.72. The SMILES string of the molecule is O=C(CN1CCSC1=O)Nc1nc(C2CC2)cs1. The molecule has 5 nitrogen and oxygen atoms in total. The van der Waals surface area contributed by atoms with Crippen LogP contribution in [0.15, 0.2) is 5.38 Å². The van der Waals surface area contributed by atoms with Crippen LogP contribution in [0.2, 0.25) is 0 Å². The summed E-state index contributed by atoms with van der Waals surface area (Å²) in [6.45, 7) is 0.784. The molecule has 1 aromatic rings. The van der Waals surface area contributed by atoms with Crippen LogP contribution in [0, 0.1) is 0 Å². The fourth-order valence-electron chi connectivity index (χ4n) is 1.81. The number of nitrogens with zero attached hydrogens (tertiary/aromatic N) is 2. The number of aromatic nitrogens is 1. The number of thioether (sulfide) groups is 1. The van der Waals surface area contributed by atoms with E-state index in [0.717, 1.165) is 11.4 Å². The summed E-state index contributed by atoms with van der Waals surface area (Å²) < 4.78 is 0. The molecule has 3 rings (SSSR count). The molecule has 1 aliphatic carbocycles. The van der Waals surface area contributed by atoms with Crippen LogP contribution in [0.3, 0.4) is 0 Å². The third-order valence-electron chi connectivity index (χ3n) is 2.94. The molecule has 1 N–H and O–H groups in total. The summed E-state index contributed by atoms with van der Waals surface area (Å²) in [6, 6.07) is 0. The summed E-state index contributed by atoms with van der Waals surface area (Å²) in [5, 5.41) is 5.39. The summed E-state index contributed by atoms with van der Waals surface area (Å²) in [4.78, 5) is 29.1. The van der Waals surface area contributed by atoms with Gasteiger partial charge in [-0.3, -0.25) is 9.59 Å². The van der Waals surface area contributed by atoms with Crippen molar-refractivity contribution in [1.82, 2.24) is 9.88 Å². The predicted octanol–water partition coefficient (Wildman–Crippen LogP) is 2.13. The Kier molecular flexibility index (Phi) is 3.25. The quantitative estimate of drug-likeness (QED) is 0.919. The first-order chi connectivity index (χ1) is 8.72. The molecular formula is C11H13N3O2S2. The lowest BCUT2D eigenvalue weighted by Crippen LogP contribution is -2.33. The Labute approximate surface area is 113 Å². The van der Waals surface area contributed by atoms with Gasteiger partial charge in [0.15, 0.2) is 5.13 Å². The monoisotopic (exact) mass is 283 g/mol. The van der Waals surface area contributed by atoms with E-state index in [9.17, 15) is 9.59 Å². The molecular weight excluding hydrogens is 270 g/mol. The van der Waals surface area contributed by atoms with Gasteiger partial charge < -0.3 is 10.2 Å². The topological polar surface area (TPSA) is 62.3 Å². The van der Waals surface area contributed by atoms with Crippen molar-refractivity contribution in [2.45, 2.75) is 18.8 Å². The van der Waals surface area contributed by atoms with Crippen molar-refractivity contribution < 1.29 is 9.59 Å². The highest BCUT2D eigenvalue weighted by molar-refractivity contribution is 8.13. The fraction of sp³-hybridized carbons (Fsp3) is 0.545. The molecule has 0 bridgehead atoms.